The summed E-state index contributed by atoms with van der Waals surface area (Å²) >= 11 is 0. The van der Waals surface area contributed by atoms with E-state index >= 15 is 0 Å². The second-order valence-electron chi connectivity index (χ2n) is 3.17. The van der Waals surface area contributed by atoms with Crippen LogP contribution in [0.4, 0.5) is 18.9 Å². The number of hydrogen-bond donors (Lipinski definition) is 0. The van der Waals surface area contributed by atoms with E-state index in [1.165, 1.54) is 6.92 Å². The van der Waals surface area contributed by atoms with E-state index in [4.69, 9.17) is 5.26 Å². The quantitative estimate of drug-likeness (QED) is 0.615. The molecule has 1 aromatic rings. The molecular weight excluding hydrogens is 255 g/mol. The summed E-state index contributed by atoms with van der Waals surface area (Å²) in [7, 11) is 0. The summed E-state index contributed by atoms with van der Waals surface area (Å²) in [5.41, 5.74) is -1.16. The lowest BCUT2D eigenvalue weighted by atomic mass is 10.1. The molecule has 0 atom stereocenters. The van der Waals surface area contributed by atoms with Gasteiger partial charge in [0.05, 0.1) is 29.2 Å². The molecule has 0 unspecified atom stereocenters. The number of aryl methyl sites for hydroxylation is 1. The molecule has 0 radical (unpaired) electrons. The van der Waals surface area contributed by atoms with Crippen molar-refractivity contribution in [1.29, 1.82) is 5.26 Å². The zero-order chi connectivity index (χ0) is 13.9. The minimum atomic E-state index is -5.00. The molecule has 0 aliphatic heterocycles. The maximum absolute atomic E-state index is 12.1. The fourth-order valence-electron chi connectivity index (χ4n) is 1.33. The third-order valence-corrected chi connectivity index (χ3v) is 1.97. The van der Waals surface area contributed by atoms with Gasteiger partial charge in [-0.3, -0.25) is 15.1 Å². The van der Waals surface area contributed by atoms with Gasteiger partial charge < -0.3 is 4.74 Å². The van der Waals surface area contributed by atoms with Crippen LogP contribution in [0.2, 0.25) is 0 Å². The van der Waals surface area contributed by atoms with Crippen LogP contribution in [0.5, 0.6) is 5.75 Å². The van der Waals surface area contributed by atoms with Crippen LogP contribution in [-0.2, 0) is 6.42 Å². The third kappa shape index (κ3) is 3.07. The fraction of sp³-hybridized carbons (Fsp3) is 0.333. The second kappa shape index (κ2) is 4.87. The Balaban J connectivity index is 3.40. The van der Waals surface area contributed by atoms with Crippen LogP contribution >= 0.6 is 0 Å². The van der Waals surface area contributed by atoms with E-state index in [0.29, 0.717) is 6.20 Å². The highest BCUT2D eigenvalue weighted by atomic mass is 19.4. The van der Waals surface area contributed by atoms with E-state index < -0.39 is 34.7 Å². The Bertz CT molecular complexity index is 522. The molecule has 0 aromatic carbocycles. The summed E-state index contributed by atoms with van der Waals surface area (Å²) in [6.45, 7) is 1.26. The van der Waals surface area contributed by atoms with Crippen LogP contribution in [-0.4, -0.2) is 16.3 Å². The normalized spacial score (nSPS) is 10.8. The van der Waals surface area contributed by atoms with Gasteiger partial charge in [0.25, 0.3) is 5.69 Å². The molecule has 0 fully saturated rings. The molecule has 0 saturated carbocycles. The molecule has 1 aromatic heterocycles. The van der Waals surface area contributed by atoms with Crippen molar-refractivity contribution in [2.45, 2.75) is 19.7 Å². The van der Waals surface area contributed by atoms with E-state index in [1.807, 2.05) is 0 Å². The van der Waals surface area contributed by atoms with Gasteiger partial charge in [0, 0.05) is 0 Å². The molecular formula is C9H6F3N3O3. The Morgan fingerprint density at radius 2 is 2.22 bits per heavy atom. The number of hydrogen-bond acceptors (Lipinski definition) is 5. The molecule has 0 bridgehead atoms. The third-order valence-electron chi connectivity index (χ3n) is 1.97. The highest BCUT2D eigenvalue weighted by Gasteiger charge is 2.34. The van der Waals surface area contributed by atoms with Crippen molar-refractivity contribution in [2.75, 3.05) is 0 Å². The summed E-state index contributed by atoms with van der Waals surface area (Å²) in [6, 6.07) is 1.55. The molecule has 1 rings (SSSR count). The van der Waals surface area contributed by atoms with Crippen molar-refractivity contribution >= 4 is 5.69 Å². The van der Waals surface area contributed by atoms with Gasteiger partial charge in [-0.25, -0.2) is 0 Å². The number of ether oxygens (including phenoxy) is 1. The van der Waals surface area contributed by atoms with Gasteiger partial charge in [0.15, 0.2) is 5.75 Å². The van der Waals surface area contributed by atoms with Crippen molar-refractivity contribution in [2.24, 2.45) is 0 Å². The summed E-state index contributed by atoms with van der Waals surface area (Å²) in [4.78, 5) is 13.3. The van der Waals surface area contributed by atoms with Gasteiger partial charge in [-0.15, -0.1) is 13.2 Å². The van der Waals surface area contributed by atoms with Crippen LogP contribution in [0.3, 0.4) is 0 Å². The van der Waals surface area contributed by atoms with Crippen molar-refractivity contribution in [3.63, 3.8) is 0 Å². The molecule has 0 spiro atoms. The van der Waals surface area contributed by atoms with E-state index in [9.17, 15) is 23.3 Å². The molecule has 9 heteroatoms. The molecule has 0 N–H and O–H groups in total. The number of nitriles is 1. The number of nitrogens with zero attached hydrogens (tertiary/aromatic N) is 3. The van der Waals surface area contributed by atoms with Gasteiger partial charge >= 0.3 is 6.36 Å². The molecule has 18 heavy (non-hydrogen) atoms. The molecule has 0 amide bonds. The summed E-state index contributed by atoms with van der Waals surface area (Å²) < 4.78 is 39.9. The first-order valence-corrected chi connectivity index (χ1v) is 4.52. The Hall–Kier alpha value is -2.37. The summed E-state index contributed by atoms with van der Waals surface area (Å²) in [6.07, 6.45) is -4.87. The van der Waals surface area contributed by atoms with E-state index in [1.54, 1.807) is 6.07 Å². The smallest absolute Gasteiger partial charge is 0.404 e. The molecule has 0 aliphatic carbocycles. The van der Waals surface area contributed by atoms with Crippen LogP contribution in [0.25, 0.3) is 0 Å². The molecule has 0 aliphatic rings. The van der Waals surface area contributed by atoms with Crippen LogP contribution in [0, 0.1) is 28.4 Å². The average Bonchev–Trinajstić information content (AvgIpc) is 2.20. The maximum Gasteiger partial charge on any atom is 0.573 e. The highest BCUT2D eigenvalue weighted by Crippen LogP contribution is 2.33. The lowest BCUT2D eigenvalue weighted by Gasteiger charge is -2.12. The van der Waals surface area contributed by atoms with Gasteiger partial charge in [-0.2, -0.15) is 5.26 Å². The standard InChI is InChI=1S/C9H6F3N3O3/c1-5-8(15(16)17)6(2-3-13)7(4-14-5)18-9(10,11)12/h4H,2H2,1H3. The lowest BCUT2D eigenvalue weighted by Crippen LogP contribution is -2.19. The van der Waals surface area contributed by atoms with Crippen molar-refractivity contribution in [3.05, 3.63) is 27.6 Å². The number of rotatable bonds is 3. The average molecular weight is 261 g/mol. The topological polar surface area (TPSA) is 89.0 Å². The Labute approximate surface area is 98.8 Å². The van der Waals surface area contributed by atoms with Crippen molar-refractivity contribution < 1.29 is 22.8 Å². The number of halogens is 3. The van der Waals surface area contributed by atoms with E-state index in [0.717, 1.165) is 0 Å². The highest BCUT2D eigenvalue weighted by molar-refractivity contribution is 5.52. The lowest BCUT2D eigenvalue weighted by molar-refractivity contribution is -0.386. The summed E-state index contributed by atoms with van der Waals surface area (Å²) in [5.74, 6) is -0.832. The van der Waals surface area contributed by atoms with E-state index in [2.05, 4.69) is 9.72 Å². The molecule has 6 nitrogen and oxygen atoms in total. The monoisotopic (exact) mass is 261 g/mol. The second-order valence-corrected chi connectivity index (χ2v) is 3.17. The summed E-state index contributed by atoms with van der Waals surface area (Å²) in [5, 5.41) is 19.3. The van der Waals surface area contributed by atoms with Gasteiger partial charge in [-0.05, 0) is 6.92 Å². The largest absolute Gasteiger partial charge is 0.573 e. The number of alkyl halides is 3. The number of pyridine rings is 1. The first-order valence-electron chi connectivity index (χ1n) is 4.52. The molecule has 1 heterocycles. The Morgan fingerprint density at radius 3 is 2.67 bits per heavy atom. The number of aromatic nitrogens is 1. The minimum Gasteiger partial charge on any atom is -0.404 e. The van der Waals surface area contributed by atoms with Gasteiger partial charge in [0.2, 0.25) is 0 Å². The molecule has 0 saturated heterocycles. The predicted molar refractivity (Wildman–Crippen MR) is 51.6 cm³/mol. The zero-order valence-electron chi connectivity index (χ0n) is 8.98. The Kier molecular flexibility index (Phi) is 3.70. The minimum absolute atomic E-state index is 0.0835. The fourth-order valence-corrected chi connectivity index (χ4v) is 1.33. The van der Waals surface area contributed by atoms with Gasteiger partial charge in [-0.1, -0.05) is 0 Å². The van der Waals surface area contributed by atoms with Crippen molar-refractivity contribution in [3.8, 4) is 11.8 Å². The first kappa shape index (κ1) is 13.7. The number of nitro groups is 1. The molecule has 96 valence electrons. The van der Waals surface area contributed by atoms with Gasteiger partial charge in [0.1, 0.15) is 5.69 Å². The van der Waals surface area contributed by atoms with Crippen LogP contribution < -0.4 is 4.74 Å². The Morgan fingerprint density at radius 1 is 1.61 bits per heavy atom. The van der Waals surface area contributed by atoms with E-state index in [-0.39, 0.29) is 5.69 Å². The first-order chi connectivity index (χ1) is 8.26. The van der Waals surface area contributed by atoms with Crippen molar-refractivity contribution in [1.82, 2.24) is 4.98 Å². The zero-order valence-corrected chi connectivity index (χ0v) is 8.98. The predicted octanol–water partition coefficient (Wildman–Crippen LogP) is 2.26. The maximum atomic E-state index is 12.1. The van der Waals surface area contributed by atoms with Crippen LogP contribution in [0.1, 0.15) is 11.3 Å². The SMILES string of the molecule is Cc1ncc(OC(F)(F)F)c(CC#N)c1[N+](=O)[O-]. The van der Waals surface area contributed by atoms with Crippen LogP contribution in [0.15, 0.2) is 6.20 Å².